The van der Waals surface area contributed by atoms with Gasteiger partial charge in [-0.3, -0.25) is 4.68 Å². The van der Waals surface area contributed by atoms with Crippen molar-refractivity contribution < 1.29 is 5.11 Å². The first-order valence-corrected chi connectivity index (χ1v) is 4.84. The van der Waals surface area contributed by atoms with E-state index in [4.69, 9.17) is 0 Å². The van der Waals surface area contributed by atoms with Crippen LogP contribution in [0.2, 0.25) is 0 Å². The predicted octanol–water partition coefficient (Wildman–Crippen LogP) is 2.43. The summed E-state index contributed by atoms with van der Waals surface area (Å²) in [4.78, 5) is 0. The van der Waals surface area contributed by atoms with E-state index in [9.17, 15) is 5.11 Å². The Hall–Kier alpha value is -0.990. The lowest BCUT2D eigenvalue weighted by molar-refractivity contribution is 0.459. The fourth-order valence-electron chi connectivity index (χ4n) is 1.38. The standard InChI is InChI=1S/C10H18N2O/c1-5-6-12-8(4)10(13)9(11-12)7(2)3/h7,13H,5-6H2,1-4H3. The normalized spacial score (nSPS) is 11.2. The van der Waals surface area contributed by atoms with Crippen molar-refractivity contribution in [3.05, 3.63) is 11.4 Å². The van der Waals surface area contributed by atoms with Gasteiger partial charge in [0.25, 0.3) is 0 Å². The van der Waals surface area contributed by atoms with Crippen molar-refractivity contribution in [2.24, 2.45) is 0 Å². The maximum absolute atomic E-state index is 9.73. The van der Waals surface area contributed by atoms with Gasteiger partial charge in [0.15, 0.2) is 5.75 Å². The molecule has 0 unspecified atom stereocenters. The molecule has 13 heavy (non-hydrogen) atoms. The lowest BCUT2D eigenvalue weighted by atomic mass is 10.1. The molecule has 0 saturated heterocycles. The Morgan fingerprint density at radius 3 is 2.46 bits per heavy atom. The fraction of sp³-hybridized carbons (Fsp3) is 0.700. The molecule has 0 atom stereocenters. The number of hydrogen-bond acceptors (Lipinski definition) is 2. The molecule has 74 valence electrons. The van der Waals surface area contributed by atoms with Crippen LogP contribution in [-0.4, -0.2) is 14.9 Å². The van der Waals surface area contributed by atoms with Crippen LogP contribution >= 0.6 is 0 Å². The second kappa shape index (κ2) is 3.81. The van der Waals surface area contributed by atoms with Crippen LogP contribution < -0.4 is 0 Å². The quantitative estimate of drug-likeness (QED) is 0.779. The average Bonchev–Trinajstić information content (AvgIpc) is 2.33. The highest BCUT2D eigenvalue weighted by Crippen LogP contribution is 2.27. The molecule has 1 heterocycles. The van der Waals surface area contributed by atoms with Gasteiger partial charge in [-0.2, -0.15) is 5.10 Å². The lowest BCUT2D eigenvalue weighted by Crippen LogP contribution is -2.01. The van der Waals surface area contributed by atoms with E-state index in [2.05, 4.69) is 12.0 Å². The summed E-state index contributed by atoms with van der Waals surface area (Å²) in [6.07, 6.45) is 1.04. The molecule has 3 nitrogen and oxygen atoms in total. The van der Waals surface area contributed by atoms with Crippen LogP contribution in [0.1, 0.15) is 44.5 Å². The molecule has 1 rings (SSSR count). The Bertz CT molecular complexity index is 289. The molecule has 0 spiro atoms. The summed E-state index contributed by atoms with van der Waals surface area (Å²) in [6.45, 7) is 8.97. The summed E-state index contributed by atoms with van der Waals surface area (Å²) in [5.41, 5.74) is 1.69. The highest BCUT2D eigenvalue weighted by molar-refractivity contribution is 5.33. The number of aryl methyl sites for hydroxylation is 1. The van der Waals surface area contributed by atoms with Crippen LogP contribution in [0.25, 0.3) is 0 Å². The van der Waals surface area contributed by atoms with Gasteiger partial charge in [-0.15, -0.1) is 0 Å². The first kappa shape index (κ1) is 10.1. The number of nitrogens with zero attached hydrogens (tertiary/aromatic N) is 2. The number of rotatable bonds is 3. The average molecular weight is 182 g/mol. The Morgan fingerprint density at radius 1 is 1.46 bits per heavy atom. The molecule has 0 fully saturated rings. The van der Waals surface area contributed by atoms with E-state index in [1.54, 1.807) is 0 Å². The summed E-state index contributed by atoms with van der Waals surface area (Å²) in [7, 11) is 0. The third kappa shape index (κ3) is 1.85. The molecule has 0 aliphatic rings. The first-order valence-electron chi connectivity index (χ1n) is 4.84. The van der Waals surface area contributed by atoms with Crippen LogP contribution in [-0.2, 0) is 6.54 Å². The van der Waals surface area contributed by atoms with Crippen molar-refractivity contribution in [1.82, 2.24) is 9.78 Å². The minimum atomic E-state index is 0.289. The maximum Gasteiger partial charge on any atom is 0.160 e. The van der Waals surface area contributed by atoms with Gasteiger partial charge in [0, 0.05) is 12.5 Å². The Kier molecular flexibility index (Phi) is 2.96. The van der Waals surface area contributed by atoms with Gasteiger partial charge < -0.3 is 5.11 Å². The van der Waals surface area contributed by atoms with Gasteiger partial charge in [-0.05, 0) is 13.3 Å². The molecular formula is C10H18N2O. The molecule has 0 saturated carbocycles. The van der Waals surface area contributed by atoms with E-state index < -0.39 is 0 Å². The highest BCUT2D eigenvalue weighted by atomic mass is 16.3. The van der Waals surface area contributed by atoms with Gasteiger partial charge in [-0.25, -0.2) is 0 Å². The SMILES string of the molecule is CCCn1nc(C(C)C)c(O)c1C. The zero-order chi connectivity index (χ0) is 10.0. The third-order valence-electron chi connectivity index (χ3n) is 2.18. The molecular weight excluding hydrogens is 164 g/mol. The van der Waals surface area contributed by atoms with Crippen molar-refractivity contribution in [3.63, 3.8) is 0 Å². The maximum atomic E-state index is 9.73. The van der Waals surface area contributed by atoms with Crippen LogP contribution in [0.3, 0.4) is 0 Å². The molecule has 0 aliphatic heterocycles. The second-order valence-electron chi connectivity index (χ2n) is 3.70. The highest BCUT2D eigenvalue weighted by Gasteiger charge is 2.15. The number of aromatic nitrogens is 2. The summed E-state index contributed by atoms with van der Waals surface area (Å²) in [5.74, 6) is 0.653. The van der Waals surface area contributed by atoms with E-state index in [1.165, 1.54) is 0 Å². The summed E-state index contributed by atoms with van der Waals surface area (Å²) < 4.78 is 1.88. The molecule has 0 aliphatic carbocycles. The molecule has 1 aromatic rings. The number of hydrogen-bond donors (Lipinski definition) is 1. The molecule has 3 heteroatoms. The topological polar surface area (TPSA) is 38.0 Å². The van der Waals surface area contributed by atoms with Crippen molar-refractivity contribution in [1.29, 1.82) is 0 Å². The zero-order valence-corrected chi connectivity index (χ0v) is 8.83. The van der Waals surface area contributed by atoms with Crippen LogP contribution in [0.4, 0.5) is 0 Å². The van der Waals surface area contributed by atoms with Gasteiger partial charge >= 0.3 is 0 Å². The van der Waals surface area contributed by atoms with Gasteiger partial charge in [0.1, 0.15) is 5.69 Å². The Morgan fingerprint density at radius 2 is 2.08 bits per heavy atom. The minimum absolute atomic E-state index is 0.289. The van der Waals surface area contributed by atoms with E-state index in [1.807, 2.05) is 25.5 Å². The van der Waals surface area contributed by atoms with Gasteiger partial charge in [0.2, 0.25) is 0 Å². The summed E-state index contributed by atoms with van der Waals surface area (Å²) >= 11 is 0. The predicted molar refractivity (Wildman–Crippen MR) is 53.0 cm³/mol. The summed E-state index contributed by atoms with van der Waals surface area (Å²) in [5, 5.41) is 14.1. The zero-order valence-electron chi connectivity index (χ0n) is 8.83. The molecule has 0 aromatic carbocycles. The van der Waals surface area contributed by atoms with E-state index in [0.29, 0.717) is 5.75 Å². The molecule has 1 N–H and O–H groups in total. The summed E-state index contributed by atoms with van der Waals surface area (Å²) in [6, 6.07) is 0. The second-order valence-corrected chi connectivity index (χ2v) is 3.70. The Balaban J connectivity index is 3.05. The van der Waals surface area contributed by atoms with E-state index >= 15 is 0 Å². The molecule has 0 amide bonds. The Labute approximate surface area is 79.4 Å². The van der Waals surface area contributed by atoms with Crippen molar-refractivity contribution in [3.8, 4) is 5.75 Å². The van der Waals surface area contributed by atoms with E-state index in [-0.39, 0.29) is 5.92 Å². The lowest BCUT2D eigenvalue weighted by Gasteiger charge is -1.99. The fourth-order valence-corrected chi connectivity index (χ4v) is 1.38. The van der Waals surface area contributed by atoms with Gasteiger partial charge in [0.05, 0.1) is 5.69 Å². The van der Waals surface area contributed by atoms with Crippen LogP contribution in [0.5, 0.6) is 5.75 Å². The van der Waals surface area contributed by atoms with Crippen molar-refractivity contribution in [2.75, 3.05) is 0 Å². The van der Waals surface area contributed by atoms with Crippen LogP contribution in [0.15, 0.2) is 0 Å². The molecule has 0 radical (unpaired) electrons. The van der Waals surface area contributed by atoms with Crippen LogP contribution in [0, 0.1) is 6.92 Å². The monoisotopic (exact) mass is 182 g/mol. The smallest absolute Gasteiger partial charge is 0.160 e. The minimum Gasteiger partial charge on any atom is -0.504 e. The van der Waals surface area contributed by atoms with Gasteiger partial charge in [-0.1, -0.05) is 20.8 Å². The van der Waals surface area contributed by atoms with Crippen molar-refractivity contribution in [2.45, 2.75) is 46.6 Å². The third-order valence-corrected chi connectivity index (χ3v) is 2.18. The molecule has 0 bridgehead atoms. The molecule has 1 aromatic heterocycles. The largest absolute Gasteiger partial charge is 0.504 e. The van der Waals surface area contributed by atoms with Crippen molar-refractivity contribution >= 4 is 0 Å². The first-order chi connectivity index (χ1) is 6.07. The number of aromatic hydroxyl groups is 1. The van der Waals surface area contributed by atoms with E-state index in [0.717, 1.165) is 24.4 Å².